The summed E-state index contributed by atoms with van der Waals surface area (Å²) in [6.07, 6.45) is 6.01. The number of rotatable bonds is 6. The molecule has 2 aliphatic heterocycles. The van der Waals surface area contributed by atoms with Crippen molar-refractivity contribution in [2.75, 3.05) is 51.9 Å². The molecular weight excluding hydrogens is 424 g/mol. The molecule has 2 aromatic rings. The van der Waals surface area contributed by atoms with Crippen molar-refractivity contribution < 1.29 is 14.3 Å². The minimum atomic E-state index is 0.0533. The van der Waals surface area contributed by atoms with Gasteiger partial charge in [-0.3, -0.25) is 9.48 Å². The van der Waals surface area contributed by atoms with Crippen LogP contribution in [0.1, 0.15) is 54.2 Å². The van der Waals surface area contributed by atoms with Gasteiger partial charge < -0.3 is 19.7 Å². The summed E-state index contributed by atoms with van der Waals surface area (Å²) in [5, 5.41) is 8.48. The van der Waals surface area contributed by atoms with Crippen molar-refractivity contribution in [2.45, 2.75) is 48.8 Å². The van der Waals surface area contributed by atoms with E-state index >= 15 is 0 Å². The molecule has 172 valence electrons. The number of benzene rings is 1. The lowest BCUT2D eigenvalue weighted by Crippen LogP contribution is -2.41. The molecule has 0 atom stereocenters. The summed E-state index contributed by atoms with van der Waals surface area (Å²) >= 11 is 1.81. The van der Waals surface area contributed by atoms with Gasteiger partial charge in [-0.05, 0) is 31.0 Å². The van der Waals surface area contributed by atoms with Gasteiger partial charge in [-0.2, -0.15) is 5.10 Å². The molecule has 1 N–H and O–H groups in total. The molecule has 0 unspecified atom stereocenters. The first-order valence-corrected chi connectivity index (χ1v) is 12.7. The lowest BCUT2D eigenvalue weighted by molar-refractivity contribution is 0.0297. The maximum atomic E-state index is 13.5. The number of thioether (sulfide) groups is 1. The van der Waals surface area contributed by atoms with Gasteiger partial charge in [0.25, 0.3) is 5.91 Å². The average molecular weight is 457 g/mol. The standard InChI is InChI=1S/C24H32N4O3S/c1-30-12-9-25-17-7-8-21-19(15-17)23-20(16-32-21)22(24(29)27-10-13-31-14-11-27)26-28(23)18-5-3-2-4-6-18/h7-8,15,18,25H,2-6,9-14,16H2,1H3. The topological polar surface area (TPSA) is 68.6 Å². The third kappa shape index (κ3) is 4.28. The van der Waals surface area contributed by atoms with Crippen LogP contribution in [0.2, 0.25) is 0 Å². The number of morpholine rings is 1. The Bertz CT molecular complexity index is 964. The van der Waals surface area contributed by atoms with Crippen LogP contribution in [0.4, 0.5) is 5.69 Å². The number of carbonyl (C=O) groups excluding carboxylic acids is 1. The van der Waals surface area contributed by atoms with Crippen LogP contribution in [0.3, 0.4) is 0 Å². The maximum absolute atomic E-state index is 13.5. The van der Waals surface area contributed by atoms with E-state index in [9.17, 15) is 4.79 Å². The van der Waals surface area contributed by atoms with E-state index in [0.717, 1.165) is 42.1 Å². The second-order valence-corrected chi connectivity index (χ2v) is 9.75. The highest BCUT2D eigenvalue weighted by molar-refractivity contribution is 7.98. The smallest absolute Gasteiger partial charge is 0.274 e. The minimum absolute atomic E-state index is 0.0533. The highest BCUT2D eigenvalue weighted by Gasteiger charge is 2.33. The van der Waals surface area contributed by atoms with E-state index in [1.807, 2.05) is 4.90 Å². The summed E-state index contributed by atoms with van der Waals surface area (Å²) in [6.45, 7) is 3.91. The molecule has 2 fully saturated rings. The van der Waals surface area contributed by atoms with Gasteiger partial charge in [-0.25, -0.2) is 0 Å². The van der Waals surface area contributed by atoms with E-state index in [-0.39, 0.29) is 5.91 Å². The first-order valence-electron chi connectivity index (χ1n) is 11.7. The van der Waals surface area contributed by atoms with Crippen LogP contribution in [0, 0.1) is 0 Å². The molecule has 0 bridgehead atoms. The van der Waals surface area contributed by atoms with Crippen LogP contribution in [0.5, 0.6) is 0 Å². The number of nitrogens with zero attached hydrogens (tertiary/aromatic N) is 3. The van der Waals surface area contributed by atoms with Crippen molar-refractivity contribution in [3.8, 4) is 11.3 Å². The van der Waals surface area contributed by atoms with Crippen molar-refractivity contribution in [1.29, 1.82) is 0 Å². The lowest BCUT2D eigenvalue weighted by Gasteiger charge is -2.27. The van der Waals surface area contributed by atoms with Gasteiger partial charge in [0.1, 0.15) is 0 Å². The van der Waals surface area contributed by atoms with Crippen LogP contribution < -0.4 is 5.32 Å². The van der Waals surface area contributed by atoms with Gasteiger partial charge in [-0.1, -0.05) is 19.3 Å². The van der Waals surface area contributed by atoms with Crippen LogP contribution >= 0.6 is 11.8 Å². The van der Waals surface area contributed by atoms with Crippen LogP contribution in [-0.2, 0) is 15.2 Å². The van der Waals surface area contributed by atoms with Gasteiger partial charge in [0.2, 0.25) is 0 Å². The molecule has 3 heterocycles. The molecule has 7 nitrogen and oxygen atoms in total. The summed E-state index contributed by atoms with van der Waals surface area (Å²) in [5.74, 6) is 0.842. The number of amides is 1. The Hall–Kier alpha value is -2.03. The van der Waals surface area contributed by atoms with Crippen molar-refractivity contribution >= 4 is 23.4 Å². The first kappa shape index (κ1) is 21.8. The fourth-order valence-corrected chi connectivity index (χ4v) is 6.02. The Balaban J connectivity index is 1.55. The highest BCUT2D eigenvalue weighted by atomic mass is 32.2. The zero-order valence-electron chi connectivity index (χ0n) is 18.8. The van der Waals surface area contributed by atoms with E-state index < -0.39 is 0 Å². The normalized spacial score (nSPS) is 18.8. The molecule has 3 aliphatic rings. The van der Waals surface area contributed by atoms with Crippen molar-refractivity contribution in [3.63, 3.8) is 0 Å². The number of methoxy groups -OCH3 is 1. The van der Waals surface area contributed by atoms with Crippen molar-refractivity contribution in [2.24, 2.45) is 0 Å². The lowest BCUT2D eigenvalue weighted by atomic mass is 9.94. The Labute approximate surface area is 193 Å². The monoisotopic (exact) mass is 456 g/mol. The molecule has 1 aromatic carbocycles. The second kappa shape index (κ2) is 9.85. The number of hydrogen-bond acceptors (Lipinski definition) is 6. The summed E-state index contributed by atoms with van der Waals surface area (Å²) in [6, 6.07) is 6.91. The minimum Gasteiger partial charge on any atom is -0.383 e. The Morgan fingerprint density at radius 1 is 1.25 bits per heavy atom. The number of anilines is 1. The molecule has 8 heteroatoms. The molecule has 5 rings (SSSR count). The Morgan fingerprint density at radius 2 is 2.06 bits per heavy atom. The summed E-state index contributed by atoms with van der Waals surface area (Å²) in [7, 11) is 1.72. The van der Waals surface area contributed by atoms with Crippen molar-refractivity contribution in [1.82, 2.24) is 14.7 Å². The number of hydrogen-bond donors (Lipinski definition) is 1. The predicted octanol–water partition coefficient (Wildman–Crippen LogP) is 4.19. The third-order valence-electron chi connectivity index (χ3n) is 6.67. The van der Waals surface area contributed by atoms with E-state index in [1.54, 1.807) is 18.9 Å². The fourth-order valence-electron chi connectivity index (χ4n) is 4.97. The van der Waals surface area contributed by atoms with Gasteiger partial charge in [0.15, 0.2) is 5.69 Å². The zero-order chi connectivity index (χ0) is 21.9. The summed E-state index contributed by atoms with van der Waals surface area (Å²) in [5.41, 5.74) is 5.16. The quantitative estimate of drug-likeness (QED) is 0.658. The number of carbonyl (C=O) groups is 1. The van der Waals surface area contributed by atoms with E-state index in [4.69, 9.17) is 14.6 Å². The molecule has 0 spiro atoms. The van der Waals surface area contributed by atoms with Gasteiger partial charge in [0.05, 0.1) is 31.6 Å². The number of aromatic nitrogens is 2. The first-order chi connectivity index (χ1) is 15.8. The number of fused-ring (bicyclic) bond motifs is 3. The van der Waals surface area contributed by atoms with E-state index in [0.29, 0.717) is 44.6 Å². The third-order valence-corrected chi connectivity index (χ3v) is 7.77. The second-order valence-electron chi connectivity index (χ2n) is 8.74. The number of ether oxygens (including phenoxy) is 2. The largest absolute Gasteiger partial charge is 0.383 e. The van der Waals surface area contributed by atoms with Crippen molar-refractivity contribution in [3.05, 3.63) is 29.5 Å². The van der Waals surface area contributed by atoms with E-state index in [2.05, 4.69) is 28.2 Å². The molecule has 1 aromatic heterocycles. The molecular formula is C24H32N4O3S. The van der Waals surface area contributed by atoms with Crippen LogP contribution in [0.15, 0.2) is 23.1 Å². The molecule has 0 radical (unpaired) electrons. The van der Waals surface area contributed by atoms with Crippen LogP contribution in [-0.4, -0.2) is 67.2 Å². The van der Waals surface area contributed by atoms with Gasteiger partial charge in [0, 0.05) is 54.2 Å². The summed E-state index contributed by atoms with van der Waals surface area (Å²) in [4.78, 5) is 16.6. The number of nitrogens with one attached hydrogen (secondary N) is 1. The predicted molar refractivity (Wildman–Crippen MR) is 126 cm³/mol. The van der Waals surface area contributed by atoms with Gasteiger partial charge in [-0.15, -0.1) is 11.8 Å². The SMILES string of the molecule is COCCNc1ccc2c(c1)-c1c(c(C(=O)N3CCOCC3)nn1C1CCCCC1)CS2. The molecule has 1 saturated carbocycles. The van der Waals surface area contributed by atoms with Crippen LogP contribution in [0.25, 0.3) is 11.3 Å². The Morgan fingerprint density at radius 3 is 2.84 bits per heavy atom. The highest BCUT2D eigenvalue weighted by Crippen LogP contribution is 2.46. The summed E-state index contributed by atoms with van der Waals surface area (Å²) < 4.78 is 12.9. The average Bonchev–Trinajstić information content (AvgIpc) is 3.25. The molecule has 1 aliphatic carbocycles. The maximum Gasteiger partial charge on any atom is 0.274 e. The molecule has 1 amide bonds. The fraction of sp³-hybridized carbons (Fsp3) is 0.583. The molecule has 32 heavy (non-hydrogen) atoms. The zero-order valence-corrected chi connectivity index (χ0v) is 19.6. The van der Waals surface area contributed by atoms with Gasteiger partial charge >= 0.3 is 0 Å². The molecule has 1 saturated heterocycles. The van der Waals surface area contributed by atoms with E-state index in [1.165, 1.54) is 29.7 Å². The Kier molecular flexibility index (Phi) is 6.71.